The van der Waals surface area contributed by atoms with Crippen molar-refractivity contribution in [3.8, 4) is 0 Å². The van der Waals surface area contributed by atoms with Crippen LogP contribution in [-0.2, 0) is 0 Å². The van der Waals surface area contributed by atoms with E-state index < -0.39 is 0 Å². The third kappa shape index (κ3) is 1.42. The second-order valence-electron chi connectivity index (χ2n) is 5.54. The van der Waals surface area contributed by atoms with E-state index in [2.05, 4.69) is 31.2 Å². The zero-order valence-electron chi connectivity index (χ0n) is 11.5. The molecule has 0 bridgehead atoms. The number of furan rings is 2. The van der Waals surface area contributed by atoms with Crippen LogP contribution in [0.2, 0.25) is 0 Å². The van der Waals surface area contributed by atoms with E-state index in [1.807, 2.05) is 30.3 Å². The predicted octanol–water partition coefficient (Wildman–Crippen LogP) is 5.79. The molecule has 0 saturated carbocycles. The van der Waals surface area contributed by atoms with Crippen LogP contribution in [0.1, 0.15) is 5.56 Å². The molecule has 2 heterocycles. The highest BCUT2D eigenvalue weighted by Crippen LogP contribution is 2.36. The predicted molar refractivity (Wildman–Crippen MR) is 85.7 cm³/mol. The van der Waals surface area contributed by atoms with Crippen LogP contribution in [0.15, 0.2) is 63.4 Å². The Hall–Kier alpha value is -2.74. The van der Waals surface area contributed by atoms with Gasteiger partial charge in [-0.25, -0.2) is 0 Å². The Morgan fingerprint density at radius 1 is 0.571 bits per heavy atom. The van der Waals surface area contributed by atoms with Gasteiger partial charge in [-0.2, -0.15) is 0 Å². The minimum Gasteiger partial charge on any atom is -0.456 e. The minimum absolute atomic E-state index is 0.875. The third-order valence-corrected chi connectivity index (χ3v) is 4.12. The Morgan fingerprint density at radius 3 is 2.10 bits per heavy atom. The first-order valence-corrected chi connectivity index (χ1v) is 7.04. The van der Waals surface area contributed by atoms with Crippen molar-refractivity contribution in [3.05, 3.63) is 60.2 Å². The molecule has 0 amide bonds. The minimum atomic E-state index is 0.875. The summed E-state index contributed by atoms with van der Waals surface area (Å²) in [6, 6.07) is 18.6. The number of hydrogen-bond acceptors (Lipinski definition) is 2. The number of fused-ring (bicyclic) bond motifs is 6. The molecule has 0 fully saturated rings. The monoisotopic (exact) mass is 272 g/mol. The lowest BCUT2D eigenvalue weighted by atomic mass is 10.1. The van der Waals surface area contributed by atoms with Gasteiger partial charge in [0.1, 0.15) is 22.3 Å². The zero-order chi connectivity index (χ0) is 14.0. The molecule has 0 atom stereocenters. The number of rotatable bonds is 0. The average Bonchev–Trinajstić information content (AvgIpc) is 3.02. The lowest BCUT2D eigenvalue weighted by molar-refractivity contribution is 0.656. The molecule has 5 aromatic rings. The fraction of sp³-hybridized carbons (Fsp3) is 0.0526. The zero-order valence-corrected chi connectivity index (χ0v) is 11.5. The average molecular weight is 272 g/mol. The lowest BCUT2D eigenvalue weighted by Crippen LogP contribution is -1.71. The van der Waals surface area contributed by atoms with Crippen molar-refractivity contribution in [1.82, 2.24) is 0 Å². The number of aryl methyl sites for hydroxylation is 1. The summed E-state index contributed by atoms with van der Waals surface area (Å²) in [5, 5.41) is 4.60. The number of hydrogen-bond donors (Lipinski definition) is 0. The molecular formula is C19H12O2. The Kier molecular flexibility index (Phi) is 1.92. The van der Waals surface area contributed by atoms with Gasteiger partial charge in [-0.15, -0.1) is 0 Å². The van der Waals surface area contributed by atoms with E-state index in [4.69, 9.17) is 8.83 Å². The van der Waals surface area contributed by atoms with Crippen LogP contribution >= 0.6 is 0 Å². The topological polar surface area (TPSA) is 26.3 Å². The van der Waals surface area contributed by atoms with Crippen LogP contribution in [0, 0.1) is 6.92 Å². The van der Waals surface area contributed by atoms with Gasteiger partial charge in [0.05, 0.1) is 0 Å². The molecular weight excluding hydrogens is 260 g/mol. The van der Waals surface area contributed by atoms with Gasteiger partial charge in [0, 0.05) is 27.6 Å². The molecule has 0 aliphatic heterocycles. The number of benzene rings is 3. The van der Waals surface area contributed by atoms with Gasteiger partial charge in [-0.3, -0.25) is 0 Å². The van der Waals surface area contributed by atoms with Crippen molar-refractivity contribution in [1.29, 1.82) is 0 Å². The molecule has 5 rings (SSSR count). The van der Waals surface area contributed by atoms with Gasteiger partial charge in [0.25, 0.3) is 0 Å². The summed E-state index contributed by atoms with van der Waals surface area (Å²) in [5.41, 5.74) is 4.83. The number of para-hydroxylation sites is 1. The molecule has 0 aliphatic rings. The first-order chi connectivity index (χ1) is 10.3. The van der Waals surface area contributed by atoms with E-state index in [1.54, 1.807) is 0 Å². The van der Waals surface area contributed by atoms with Crippen LogP contribution in [0.3, 0.4) is 0 Å². The molecule has 2 heteroatoms. The summed E-state index contributed by atoms with van der Waals surface area (Å²) < 4.78 is 11.9. The van der Waals surface area contributed by atoms with Crippen molar-refractivity contribution in [2.45, 2.75) is 6.92 Å². The van der Waals surface area contributed by atoms with Crippen LogP contribution in [0.5, 0.6) is 0 Å². The molecule has 0 N–H and O–H groups in total. The van der Waals surface area contributed by atoms with Crippen molar-refractivity contribution in [2.75, 3.05) is 0 Å². The van der Waals surface area contributed by atoms with Crippen LogP contribution in [0.25, 0.3) is 43.9 Å². The van der Waals surface area contributed by atoms with Crippen molar-refractivity contribution >= 4 is 43.9 Å². The summed E-state index contributed by atoms with van der Waals surface area (Å²) in [6.07, 6.45) is 0. The molecule has 3 aromatic carbocycles. The maximum atomic E-state index is 5.95. The van der Waals surface area contributed by atoms with E-state index >= 15 is 0 Å². The Balaban J connectivity index is 2.03. The van der Waals surface area contributed by atoms with E-state index in [0.29, 0.717) is 0 Å². The first-order valence-electron chi connectivity index (χ1n) is 7.04. The second kappa shape index (κ2) is 3.67. The summed E-state index contributed by atoms with van der Waals surface area (Å²) in [6.45, 7) is 2.10. The lowest BCUT2D eigenvalue weighted by Gasteiger charge is -1.92. The van der Waals surface area contributed by atoms with Gasteiger partial charge >= 0.3 is 0 Å². The summed E-state index contributed by atoms with van der Waals surface area (Å²) in [5.74, 6) is 0. The Bertz CT molecular complexity index is 1140. The third-order valence-electron chi connectivity index (χ3n) is 4.12. The highest BCUT2D eigenvalue weighted by molar-refractivity contribution is 6.15. The van der Waals surface area contributed by atoms with Crippen molar-refractivity contribution in [2.24, 2.45) is 0 Å². The fourth-order valence-electron chi connectivity index (χ4n) is 3.11. The molecule has 0 spiro atoms. The first kappa shape index (κ1) is 11.0. The Labute approximate surface area is 120 Å². The molecule has 2 aromatic heterocycles. The summed E-state index contributed by atoms with van der Waals surface area (Å²) in [7, 11) is 0. The SMILES string of the molecule is Cc1ccc2oc3cc4oc5ccccc5c4cc3c2c1. The van der Waals surface area contributed by atoms with E-state index in [1.165, 1.54) is 5.56 Å². The van der Waals surface area contributed by atoms with Gasteiger partial charge in [-0.05, 0) is 31.2 Å². The van der Waals surface area contributed by atoms with E-state index in [-0.39, 0.29) is 0 Å². The molecule has 0 unspecified atom stereocenters. The van der Waals surface area contributed by atoms with Crippen molar-refractivity contribution < 1.29 is 8.83 Å². The molecule has 100 valence electrons. The molecule has 2 nitrogen and oxygen atoms in total. The summed E-state index contributed by atoms with van der Waals surface area (Å²) >= 11 is 0. The molecule has 0 saturated heterocycles. The Morgan fingerprint density at radius 2 is 1.24 bits per heavy atom. The van der Waals surface area contributed by atoms with E-state index in [0.717, 1.165) is 43.9 Å². The molecule has 21 heavy (non-hydrogen) atoms. The highest BCUT2D eigenvalue weighted by atomic mass is 16.3. The van der Waals surface area contributed by atoms with Gasteiger partial charge in [0.2, 0.25) is 0 Å². The molecule has 0 radical (unpaired) electrons. The maximum Gasteiger partial charge on any atom is 0.139 e. The van der Waals surface area contributed by atoms with Crippen LogP contribution < -0.4 is 0 Å². The van der Waals surface area contributed by atoms with Crippen LogP contribution in [0.4, 0.5) is 0 Å². The maximum absolute atomic E-state index is 5.95. The highest BCUT2D eigenvalue weighted by Gasteiger charge is 2.12. The van der Waals surface area contributed by atoms with Gasteiger partial charge < -0.3 is 8.83 Å². The van der Waals surface area contributed by atoms with Gasteiger partial charge in [-0.1, -0.05) is 29.8 Å². The van der Waals surface area contributed by atoms with Crippen LogP contribution in [-0.4, -0.2) is 0 Å². The van der Waals surface area contributed by atoms with Gasteiger partial charge in [0.15, 0.2) is 0 Å². The largest absolute Gasteiger partial charge is 0.456 e. The van der Waals surface area contributed by atoms with E-state index in [9.17, 15) is 0 Å². The standard InChI is InChI=1S/C19H12O2/c1-11-6-7-17-13(8-11)15-9-14-12-4-2-3-5-16(12)20-18(14)10-19(15)21-17/h2-10H,1H3. The molecule has 0 aliphatic carbocycles. The van der Waals surface area contributed by atoms with Crippen molar-refractivity contribution in [3.63, 3.8) is 0 Å². The summed E-state index contributed by atoms with van der Waals surface area (Å²) in [4.78, 5) is 0. The quantitative estimate of drug-likeness (QED) is 0.356. The smallest absolute Gasteiger partial charge is 0.139 e. The second-order valence-corrected chi connectivity index (χ2v) is 5.54. The normalized spacial score (nSPS) is 12.0. The fourth-order valence-corrected chi connectivity index (χ4v) is 3.11.